The van der Waals surface area contributed by atoms with Crippen molar-refractivity contribution in [3.05, 3.63) is 35.9 Å². The third-order valence-corrected chi connectivity index (χ3v) is 4.24. The number of likely N-dealkylation sites (tertiary alicyclic amines) is 1. The Kier molecular flexibility index (Phi) is 4.15. The number of nitrogens with zero attached hydrogens (tertiary/aromatic N) is 1. The predicted molar refractivity (Wildman–Crippen MR) is 79.3 cm³/mol. The molecule has 3 heteroatoms. The van der Waals surface area contributed by atoms with Crippen LogP contribution in [0, 0.1) is 18.3 Å². The number of hydrogen-bond acceptors (Lipinski definition) is 3. The van der Waals surface area contributed by atoms with Crippen molar-refractivity contribution in [3.8, 4) is 12.3 Å². The Labute approximate surface area is 120 Å². The molecule has 3 atom stereocenters. The number of benzene rings is 1. The first-order chi connectivity index (χ1) is 9.48. The van der Waals surface area contributed by atoms with Gasteiger partial charge < -0.3 is 9.64 Å². The predicted octanol–water partition coefficient (Wildman–Crippen LogP) is 2.58. The molecule has 0 radical (unpaired) electrons. The van der Waals surface area contributed by atoms with Crippen LogP contribution in [0.5, 0.6) is 0 Å². The van der Waals surface area contributed by atoms with Crippen molar-refractivity contribution in [2.24, 2.45) is 5.92 Å². The molecular formula is C17H21NO2. The summed E-state index contributed by atoms with van der Waals surface area (Å²) in [5.74, 6) is 2.52. The molecule has 0 amide bonds. The van der Waals surface area contributed by atoms with Crippen molar-refractivity contribution >= 4 is 5.97 Å². The van der Waals surface area contributed by atoms with Gasteiger partial charge in [0.05, 0.1) is 5.56 Å². The molecule has 0 spiro atoms. The largest absolute Gasteiger partial charge is 0.442 e. The second-order valence-corrected chi connectivity index (χ2v) is 5.68. The lowest BCUT2D eigenvalue weighted by Gasteiger charge is -2.45. The molecule has 0 bridgehead atoms. The Morgan fingerprint density at radius 2 is 2.05 bits per heavy atom. The van der Waals surface area contributed by atoms with Crippen LogP contribution >= 0.6 is 0 Å². The number of rotatable bonds is 2. The molecule has 1 saturated heterocycles. The van der Waals surface area contributed by atoms with Gasteiger partial charge in [-0.1, -0.05) is 31.0 Å². The highest BCUT2D eigenvalue weighted by Crippen LogP contribution is 2.34. The van der Waals surface area contributed by atoms with E-state index < -0.39 is 5.60 Å². The number of carbonyl (C=O) groups excluding carboxylic acids is 1. The van der Waals surface area contributed by atoms with Crippen LogP contribution < -0.4 is 0 Å². The third kappa shape index (κ3) is 2.71. The number of carbonyl (C=O) groups is 1. The van der Waals surface area contributed by atoms with Crippen molar-refractivity contribution < 1.29 is 9.53 Å². The van der Waals surface area contributed by atoms with Gasteiger partial charge >= 0.3 is 5.97 Å². The summed E-state index contributed by atoms with van der Waals surface area (Å²) in [6.45, 7) is 4.97. The van der Waals surface area contributed by atoms with Gasteiger partial charge in [0.25, 0.3) is 0 Å². The molecule has 3 nitrogen and oxygen atoms in total. The van der Waals surface area contributed by atoms with E-state index in [9.17, 15) is 4.79 Å². The number of terminal acetylenes is 1. The average molecular weight is 271 g/mol. The van der Waals surface area contributed by atoms with Crippen LogP contribution in [0.4, 0.5) is 0 Å². The second kappa shape index (κ2) is 5.68. The van der Waals surface area contributed by atoms with E-state index in [-0.39, 0.29) is 11.9 Å². The number of piperidine rings is 1. The highest BCUT2D eigenvalue weighted by atomic mass is 16.6. The van der Waals surface area contributed by atoms with E-state index in [0.717, 1.165) is 6.54 Å². The Balaban J connectivity index is 2.20. The Morgan fingerprint density at radius 3 is 2.65 bits per heavy atom. The first-order valence-corrected chi connectivity index (χ1v) is 6.95. The molecule has 0 N–H and O–H groups in total. The van der Waals surface area contributed by atoms with E-state index in [1.165, 1.54) is 0 Å². The highest BCUT2D eigenvalue weighted by molar-refractivity contribution is 5.89. The van der Waals surface area contributed by atoms with E-state index in [0.29, 0.717) is 18.0 Å². The monoisotopic (exact) mass is 271 g/mol. The molecule has 1 fully saturated rings. The fourth-order valence-corrected chi connectivity index (χ4v) is 2.73. The lowest BCUT2D eigenvalue weighted by molar-refractivity contribution is -0.0582. The molecule has 0 saturated carbocycles. The fourth-order valence-electron chi connectivity index (χ4n) is 2.73. The van der Waals surface area contributed by atoms with Gasteiger partial charge in [-0.05, 0) is 26.1 Å². The topological polar surface area (TPSA) is 29.5 Å². The molecule has 2 rings (SSSR count). The van der Waals surface area contributed by atoms with Gasteiger partial charge in [0.15, 0.2) is 5.60 Å². The Hall–Kier alpha value is -1.79. The molecule has 0 aromatic heterocycles. The summed E-state index contributed by atoms with van der Waals surface area (Å²) in [6, 6.07) is 9.30. The average Bonchev–Trinajstić information content (AvgIpc) is 2.45. The van der Waals surface area contributed by atoms with Gasteiger partial charge in [-0.2, -0.15) is 0 Å². The fraction of sp³-hybridized carbons (Fsp3) is 0.471. The van der Waals surface area contributed by atoms with Gasteiger partial charge in [-0.3, -0.25) is 0 Å². The molecular weight excluding hydrogens is 250 g/mol. The van der Waals surface area contributed by atoms with E-state index in [1.807, 2.05) is 25.1 Å². The van der Waals surface area contributed by atoms with Crippen molar-refractivity contribution in [2.45, 2.75) is 31.9 Å². The minimum absolute atomic E-state index is 0.112. The number of hydrogen-bond donors (Lipinski definition) is 0. The van der Waals surface area contributed by atoms with Crippen LogP contribution in [0.1, 0.15) is 30.6 Å². The molecule has 20 heavy (non-hydrogen) atoms. The summed E-state index contributed by atoms with van der Waals surface area (Å²) in [5, 5.41) is 0. The summed E-state index contributed by atoms with van der Waals surface area (Å²) in [4.78, 5) is 14.5. The maximum atomic E-state index is 12.3. The zero-order valence-corrected chi connectivity index (χ0v) is 12.3. The molecule has 1 aromatic carbocycles. The van der Waals surface area contributed by atoms with E-state index in [1.54, 1.807) is 12.1 Å². The summed E-state index contributed by atoms with van der Waals surface area (Å²) in [5.41, 5.74) is -0.264. The quantitative estimate of drug-likeness (QED) is 0.611. The van der Waals surface area contributed by atoms with Crippen molar-refractivity contribution in [2.75, 3.05) is 13.6 Å². The van der Waals surface area contributed by atoms with E-state index >= 15 is 0 Å². The van der Waals surface area contributed by atoms with Crippen molar-refractivity contribution in [3.63, 3.8) is 0 Å². The van der Waals surface area contributed by atoms with Gasteiger partial charge in [0, 0.05) is 24.9 Å². The molecule has 0 unspecified atom stereocenters. The SMILES string of the molecule is C#C[C@@]1(OC(=O)c2ccccc2)C[C@@H](C)N(C)C[C@@H]1C. The molecule has 1 aromatic rings. The molecule has 1 heterocycles. The molecule has 106 valence electrons. The van der Waals surface area contributed by atoms with Crippen LogP contribution in [0.2, 0.25) is 0 Å². The van der Waals surface area contributed by atoms with E-state index in [4.69, 9.17) is 11.2 Å². The standard InChI is InChI=1S/C17H21NO2/c1-5-17(11-14(3)18(4)12-13(17)2)20-16(19)15-9-7-6-8-10-15/h1,6-10,13-14H,11-12H2,2-4H3/t13-,14+,17+/m0/s1. The van der Waals surface area contributed by atoms with Crippen LogP contribution in [0.3, 0.4) is 0 Å². The van der Waals surface area contributed by atoms with E-state index in [2.05, 4.69) is 24.8 Å². The lowest BCUT2D eigenvalue weighted by atomic mass is 9.79. The molecule has 1 aliphatic rings. The zero-order chi connectivity index (χ0) is 14.8. The number of esters is 1. The maximum absolute atomic E-state index is 12.3. The van der Waals surface area contributed by atoms with Crippen LogP contribution in [0.15, 0.2) is 30.3 Å². The first-order valence-electron chi connectivity index (χ1n) is 6.95. The van der Waals surface area contributed by atoms with Crippen LogP contribution in [0.25, 0.3) is 0 Å². The maximum Gasteiger partial charge on any atom is 0.339 e. The molecule has 0 aliphatic carbocycles. The minimum atomic E-state index is -0.807. The Bertz CT molecular complexity index is 520. The third-order valence-electron chi connectivity index (χ3n) is 4.24. The second-order valence-electron chi connectivity index (χ2n) is 5.68. The zero-order valence-electron chi connectivity index (χ0n) is 12.3. The van der Waals surface area contributed by atoms with Gasteiger partial charge in [0.2, 0.25) is 0 Å². The molecule has 1 aliphatic heterocycles. The smallest absolute Gasteiger partial charge is 0.339 e. The lowest BCUT2D eigenvalue weighted by Crippen LogP contribution is -2.54. The van der Waals surface area contributed by atoms with Crippen LogP contribution in [-0.4, -0.2) is 36.1 Å². The van der Waals surface area contributed by atoms with Gasteiger partial charge in [0.1, 0.15) is 0 Å². The van der Waals surface area contributed by atoms with Crippen molar-refractivity contribution in [1.82, 2.24) is 4.90 Å². The first kappa shape index (κ1) is 14.6. The summed E-state index contributed by atoms with van der Waals surface area (Å²) >= 11 is 0. The summed E-state index contributed by atoms with van der Waals surface area (Å²) in [6.07, 6.45) is 6.38. The summed E-state index contributed by atoms with van der Waals surface area (Å²) in [7, 11) is 2.07. The summed E-state index contributed by atoms with van der Waals surface area (Å²) < 4.78 is 5.74. The number of ether oxygens (including phenoxy) is 1. The van der Waals surface area contributed by atoms with Crippen LogP contribution in [-0.2, 0) is 4.74 Å². The highest BCUT2D eigenvalue weighted by Gasteiger charge is 2.44. The van der Waals surface area contributed by atoms with Crippen molar-refractivity contribution in [1.29, 1.82) is 0 Å². The van der Waals surface area contributed by atoms with Gasteiger partial charge in [-0.15, -0.1) is 6.42 Å². The normalized spacial score (nSPS) is 30.5. The minimum Gasteiger partial charge on any atom is -0.442 e. The van der Waals surface area contributed by atoms with Gasteiger partial charge in [-0.25, -0.2) is 4.79 Å². The Morgan fingerprint density at radius 1 is 1.40 bits per heavy atom.